The number of benzene rings is 13. The molecule has 13 aromatic carbocycles. The number of hydrogen-bond donors (Lipinski definition) is 0. The molecule has 0 unspecified atom stereocenters. The van der Waals surface area contributed by atoms with E-state index < -0.39 is 0 Å². The zero-order valence-electron chi connectivity index (χ0n) is 48.1. The van der Waals surface area contributed by atoms with Crippen molar-refractivity contribution in [3.8, 4) is 56.9 Å². The van der Waals surface area contributed by atoms with Crippen molar-refractivity contribution in [3.63, 3.8) is 0 Å². The van der Waals surface area contributed by atoms with Gasteiger partial charge in [-0.05, 0) is 72.8 Å². The van der Waals surface area contributed by atoms with E-state index in [-0.39, 0.29) is 0 Å². The average molecular weight is 1150 g/mol. The molecule has 7 aromatic heterocycles. The molecular formula is C81H47N7O2. The van der Waals surface area contributed by atoms with Crippen molar-refractivity contribution < 1.29 is 8.83 Å². The fraction of sp³-hybridized carbons (Fsp3) is 0. The van der Waals surface area contributed by atoms with E-state index in [2.05, 4.69) is 297 Å². The van der Waals surface area contributed by atoms with Crippen molar-refractivity contribution in [1.82, 2.24) is 33.2 Å². The summed E-state index contributed by atoms with van der Waals surface area (Å²) in [5.41, 5.74) is 17.2. The first-order valence-electron chi connectivity index (χ1n) is 30.4. The summed E-state index contributed by atoms with van der Waals surface area (Å²) in [7, 11) is 0. The molecular weight excluding hydrogens is 1100 g/mol. The molecule has 418 valence electrons. The Morgan fingerprint density at radius 1 is 0.233 bits per heavy atom. The molecule has 0 atom stereocenters. The summed E-state index contributed by atoms with van der Waals surface area (Å²) in [6.07, 6.45) is 0. The lowest BCUT2D eigenvalue weighted by Gasteiger charge is -2.20. The van der Waals surface area contributed by atoms with Crippen molar-refractivity contribution in [3.05, 3.63) is 285 Å². The summed E-state index contributed by atoms with van der Waals surface area (Å²) in [6, 6.07) is 101. The van der Waals surface area contributed by atoms with Gasteiger partial charge in [0.1, 0.15) is 11.2 Å². The number of nitrogens with zero attached hydrogens (tertiary/aromatic N) is 7. The van der Waals surface area contributed by atoms with Gasteiger partial charge in [-0.3, -0.25) is 0 Å². The van der Waals surface area contributed by atoms with E-state index in [1.54, 1.807) is 0 Å². The second-order valence-electron chi connectivity index (χ2n) is 23.3. The Balaban J connectivity index is 1.01. The Morgan fingerprint density at radius 2 is 0.489 bits per heavy atom. The Hall–Kier alpha value is -12.3. The SMILES string of the molecule is c1ccc(-c2nc(-c3cc(-n4c5ccccc5c5ccccc54)c4oc5ccccc5c4c3-n3c4ccccc4c4ccccc43)nc(-c3cc(-n4c5ccccc5c5ccccc54)c4oc5ccccc5c4c3-n3c4ccccc4c4ccccc43)n2)cc1. The fourth-order valence-electron chi connectivity index (χ4n) is 14.9. The van der Waals surface area contributed by atoms with Crippen molar-refractivity contribution in [2.24, 2.45) is 0 Å². The molecule has 0 aliphatic heterocycles. The van der Waals surface area contributed by atoms with Crippen molar-refractivity contribution in [1.29, 1.82) is 0 Å². The molecule has 0 fully saturated rings. The van der Waals surface area contributed by atoms with Crippen LogP contribution in [0.2, 0.25) is 0 Å². The Bertz CT molecular complexity index is 5850. The summed E-state index contributed by atoms with van der Waals surface area (Å²) in [5, 5.41) is 12.8. The number of furan rings is 2. The highest BCUT2D eigenvalue weighted by molar-refractivity contribution is 6.22. The van der Waals surface area contributed by atoms with Gasteiger partial charge in [0.15, 0.2) is 28.6 Å². The van der Waals surface area contributed by atoms with Crippen LogP contribution in [0.1, 0.15) is 0 Å². The molecule has 90 heavy (non-hydrogen) atoms. The smallest absolute Gasteiger partial charge is 0.166 e. The standard InChI is InChI=1S/C81H47N7O2/c1-2-24-48(25-3-1)79-82-80(59-46-69(85-61-36-14-4-26-49(61)50-27-5-15-37-62(50)85)77-73(57-34-12-22-44-71(57)89-77)75(59)87-65-40-18-8-30-53(65)54-31-9-19-41-66(54)87)84-81(83-79)60-47-70(86-63-38-16-6-28-51(63)52-29-7-17-39-64(52)86)78-74(58-35-13-23-45-72(58)90-78)76(60)88-67-42-20-10-32-55(67)56-33-11-21-43-68(56)88/h1-47H. The van der Waals surface area contributed by atoms with Gasteiger partial charge in [0.05, 0.1) is 77.7 Å². The van der Waals surface area contributed by atoms with Gasteiger partial charge in [-0.2, -0.15) is 0 Å². The third kappa shape index (κ3) is 6.77. The normalized spacial score (nSPS) is 12.2. The maximum Gasteiger partial charge on any atom is 0.166 e. The van der Waals surface area contributed by atoms with Crippen LogP contribution in [0.25, 0.3) is 188 Å². The van der Waals surface area contributed by atoms with Crippen LogP contribution in [0.4, 0.5) is 0 Å². The molecule has 7 heterocycles. The highest BCUT2D eigenvalue weighted by atomic mass is 16.3. The molecule has 9 nitrogen and oxygen atoms in total. The zero-order valence-corrected chi connectivity index (χ0v) is 48.1. The highest BCUT2D eigenvalue weighted by Gasteiger charge is 2.32. The lowest BCUT2D eigenvalue weighted by molar-refractivity contribution is 0.666. The van der Waals surface area contributed by atoms with Gasteiger partial charge in [-0.25, -0.2) is 15.0 Å². The first-order chi connectivity index (χ1) is 44.7. The molecule has 9 heteroatoms. The van der Waals surface area contributed by atoms with Crippen LogP contribution >= 0.6 is 0 Å². The van der Waals surface area contributed by atoms with E-state index >= 15 is 0 Å². The minimum Gasteiger partial charge on any atom is -0.454 e. The van der Waals surface area contributed by atoms with E-state index in [4.69, 9.17) is 23.8 Å². The van der Waals surface area contributed by atoms with Gasteiger partial charge in [0.25, 0.3) is 0 Å². The maximum atomic E-state index is 7.35. The molecule has 0 amide bonds. The van der Waals surface area contributed by atoms with Crippen LogP contribution in [0.15, 0.2) is 294 Å². The van der Waals surface area contributed by atoms with Crippen LogP contribution in [-0.2, 0) is 0 Å². The first kappa shape index (κ1) is 48.9. The van der Waals surface area contributed by atoms with Crippen molar-refractivity contribution in [2.45, 2.75) is 0 Å². The topological polar surface area (TPSA) is 84.7 Å². The third-order valence-electron chi connectivity index (χ3n) is 18.6. The van der Waals surface area contributed by atoms with Crippen LogP contribution in [0, 0.1) is 0 Å². The van der Waals surface area contributed by atoms with Gasteiger partial charge in [0.2, 0.25) is 0 Å². The van der Waals surface area contributed by atoms with E-state index in [0.717, 1.165) is 171 Å². The monoisotopic (exact) mass is 1150 g/mol. The van der Waals surface area contributed by atoms with E-state index in [1.165, 1.54) is 0 Å². The predicted molar refractivity (Wildman–Crippen MR) is 368 cm³/mol. The Morgan fingerprint density at radius 3 is 0.811 bits per heavy atom. The fourth-order valence-corrected chi connectivity index (χ4v) is 14.9. The van der Waals surface area contributed by atoms with E-state index in [9.17, 15) is 0 Å². The molecule has 0 N–H and O–H groups in total. The quantitative estimate of drug-likeness (QED) is 0.159. The van der Waals surface area contributed by atoms with E-state index in [1.807, 2.05) is 6.07 Å². The molecule has 0 aliphatic carbocycles. The Labute approximate surface area is 512 Å². The molecule has 0 bridgehead atoms. The number of hydrogen-bond acceptors (Lipinski definition) is 5. The largest absolute Gasteiger partial charge is 0.454 e. The molecule has 0 spiro atoms. The summed E-state index contributed by atoms with van der Waals surface area (Å²) in [4.78, 5) is 17.7. The highest BCUT2D eigenvalue weighted by Crippen LogP contribution is 2.50. The third-order valence-corrected chi connectivity index (χ3v) is 18.6. The van der Waals surface area contributed by atoms with E-state index in [0.29, 0.717) is 17.5 Å². The van der Waals surface area contributed by atoms with Crippen molar-refractivity contribution in [2.75, 3.05) is 0 Å². The van der Waals surface area contributed by atoms with Crippen LogP contribution in [-0.4, -0.2) is 33.2 Å². The molecule has 0 radical (unpaired) electrons. The van der Waals surface area contributed by atoms with Gasteiger partial charge in [-0.1, -0.05) is 212 Å². The van der Waals surface area contributed by atoms with Crippen LogP contribution in [0.5, 0.6) is 0 Å². The average Bonchev–Trinajstić information content (AvgIpc) is 1.55. The molecule has 20 aromatic rings. The Kier molecular flexibility index (Phi) is 10.1. The molecule has 0 aliphatic rings. The zero-order chi connectivity index (χ0) is 58.7. The predicted octanol–water partition coefficient (Wildman–Crippen LogP) is 21.1. The lowest BCUT2D eigenvalue weighted by Crippen LogP contribution is -2.08. The summed E-state index contributed by atoms with van der Waals surface area (Å²) in [6.45, 7) is 0. The number of aromatic nitrogens is 7. The number of para-hydroxylation sites is 10. The minimum atomic E-state index is 0.480. The van der Waals surface area contributed by atoms with Gasteiger partial charge < -0.3 is 27.1 Å². The minimum absolute atomic E-state index is 0.480. The summed E-state index contributed by atoms with van der Waals surface area (Å²) in [5.74, 6) is 1.48. The summed E-state index contributed by atoms with van der Waals surface area (Å²) < 4.78 is 24.3. The van der Waals surface area contributed by atoms with Crippen LogP contribution < -0.4 is 0 Å². The number of fused-ring (bicyclic) bond motifs is 18. The molecule has 0 saturated carbocycles. The van der Waals surface area contributed by atoms with Gasteiger partial charge >= 0.3 is 0 Å². The maximum absolute atomic E-state index is 7.35. The molecule has 20 rings (SSSR count). The lowest BCUT2D eigenvalue weighted by atomic mass is 10.0. The first-order valence-corrected chi connectivity index (χ1v) is 30.4. The second kappa shape index (κ2) is 18.6. The molecule has 0 saturated heterocycles. The van der Waals surface area contributed by atoms with Gasteiger partial charge in [0, 0.05) is 70.6 Å². The summed E-state index contributed by atoms with van der Waals surface area (Å²) >= 11 is 0. The number of rotatable bonds is 7. The van der Waals surface area contributed by atoms with Crippen molar-refractivity contribution >= 4 is 131 Å². The van der Waals surface area contributed by atoms with Gasteiger partial charge in [-0.15, -0.1) is 0 Å². The second-order valence-corrected chi connectivity index (χ2v) is 23.3. The van der Waals surface area contributed by atoms with Crippen LogP contribution in [0.3, 0.4) is 0 Å².